The molecule has 0 aromatic carbocycles. The molecule has 6 nitrogen and oxygen atoms in total. The highest BCUT2D eigenvalue weighted by atomic mass is 35.5. The van der Waals surface area contributed by atoms with E-state index in [0.29, 0.717) is 49.0 Å². The van der Waals surface area contributed by atoms with E-state index >= 15 is 0 Å². The minimum Gasteiger partial charge on any atom is -0.369 e. The molecule has 1 saturated heterocycles. The Kier molecular flexibility index (Phi) is 8.45. The number of imidazole rings is 1. The first-order valence-electron chi connectivity index (χ1n) is 12.5. The number of carbonyl (C=O) groups is 1. The molecule has 33 heavy (non-hydrogen) atoms. The smallest absolute Gasteiger partial charge is 0.237 e. The number of carbonyl (C=O) groups excluding carboxylic acids is 1. The number of amides is 1. The van der Waals surface area contributed by atoms with Crippen molar-refractivity contribution in [3.63, 3.8) is 0 Å². The third kappa shape index (κ3) is 6.34. The van der Waals surface area contributed by atoms with Crippen molar-refractivity contribution in [3.05, 3.63) is 12.4 Å². The highest BCUT2D eigenvalue weighted by Gasteiger charge is 2.40. The van der Waals surface area contributed by atoms with Gasteiger partial charge in [0.05, 0.1) is 11.4 Å². The van der Waals surface area contributed by atoms with Crippen molar-refractivity contribution in [3.8, 4) is 0 Å². The van der Waals surface area contributed by atoms with E-state index < -0.39 is 6.17 Å². The summed E-state index contributed by atoms with van der Waals surface area (Å²) in [6, 6.07) is -0.0596. The monoisotopic (exact) mass is 501 g/mol. The number of nitrogens with two attached hydrogens (primary N) is 1. The molecule has 9 unspecified atom stereocenters. The van der Waals surface area contributed by atoms with Gasteiger partial charge in [0.2, 0.25) is 5.91 Å². The minimum atomic E-state index is -0.700. The Balaban J connectivity index is 1.40. The molecule has 3 aliphatic rings. The number of rotatable bonds is 6. The number of anilines is 1. The number of alkyl halides is 3. The van der Waals surface area contributed by atoms with E-state index in [4.69, 9.17) is 28.9 Å². The van der Waals surface area contributed by atoms with Crippen LogP contribution in [0.25, 0.3) is 0 Å². The van der Waals surface area contributed by atoms with E-state index in [9.17, 15) is 9.18 Å². The molecule has 4 rings (SSSR count). The lowest BCUT2D eigenvalue weighted by molar-refractivity contribution is -0.125. The maximum absolute atomic E-state index is 14.0. The summed E-state index contributed by atoms with van der Waals surface area (Å²) in [5.41, 5.74) is 6.01. The molecular weight excluding hydrogens is 464 g/mol. The van der Waals surface area contributed by atoms with Gasteiger partial charge in [-0.2, -0.15) is 0 Å². The average molecular weight is 503 g/mol. The van der Waals surface area contributed by atoms with Crippen LogP contribution in [0.15, 0.2) is 12.4 Å². The fraction of sp³-hybridized carbons (Fsp3) is 0.833. The van der Waals surface area contributed by atoms with E-state index in [2.05, 4.69) is 22.5 Å². The van der Waals surface area contributed by atoms with Gasteiger partial charge >= 0.3 is 0 Å². The summed E-state index contributed by atoms with van der Waals surface area (Å²) in [4.78, 5) is 17.4. The van der Waals surface area contributed by atoms with Crippen molar-refractivity contribution < 1.29 is 9.18 Å². The third-order valence-electron chi connectivity index (χ3n) is 8.15. The molecule has 2 saturated carbocycles. The van der Waals surface area contributed by atoms with Crippen molar-refractivity contribution in [2.75, 3.05) is 12.3 Å². The number of piperidine rings is 1. The first kappa shape index (κ1) is 25.1. The molecule has 186 valence electrons. The van der Waals surface area contributed by atoms with Crippen LogP contribution in [0.3, 0.4) is 0 Å². The molecule has 3 fully saturated rings. The third-order valence-corrected chi connectivity index (χ3v) is 9.28. The predicted molar refractivity (Wildman–Crippen MR) is 131 cm³/mol. The minimum absolute atomic E-state index is 0.0251. The Hall–Kier alpha value is -1.05. The lowest BCUT2D eigenvalue weighted by atomic mass is 9.71. The number of hydrogen-bond acceptors (Lipinski definition) is 4. The number of halogens is 3. The SMILES string of the molecule is CC1CC(F)CCC1C1CC(Cn2ccnc2N)CC(C(=O)NCC2CCC(Cl)C(Cl)C2)N1. The number of aromatic nitrogens is 2. The molecule has 9 atom stereocenters. The molecule has 4 N–H and O–H groups in total. The molecule has 2 aliphatic carbocycles. The largest absolute Gasteiger partial charge is 0.369 e. The quantitative estimate of drug-likeness (QED) is 0.512. The second-order valence-electron chi connectivity index (χ2n) is 10.6. The molecule has 1 aromatic rings. The van der Waals surface area contributed by atoms with E-state index in [1.807, 2.05) is 10.8 Å². The van der Waals surface area contributed by atoms with Crippen molar-refractivity contribution in [1.29, 1.82) is 0 Å². The molecule has 0 radical (unpaired) electrons. The van der Waals surface area contributed by atoms with Crippen molar-refractivity contribution in [1.82, 2.24) is 20.2 Å². The summed E-state index contributed by atoms with van der Waals surface area (Å²) in [7, 11) is 0. The van der Waals surface area contributed by atoms with Crippen LogP contribution in [0.5, 0.6) is 0 Å². The second-order valence-corrected chi connectivity index (χ2v) is 11.7. The highest BCUT2D eigenvalue weighted by Crippen LogP contribution is 2.38. The second kappa shape index (κ2) is 11.1. The zero-order valence-electron chi connectivity index (χ0n) is 19.4. The van der Waals surface area contributed by atoms with E-state index in [1.165, 1.54) is 0 Å². The Labute approximate surface area is 206 Å². The van der Waals surface area contributed by atoms with Crippen molar-refractivity contribution in [2.45, 2.75) is 93.8 Å². The van der Waals surface area contributed by atoms with Crippen LogP contribution in [-0.2, 0) is 11.3 Å². The fourth-order valence-electron chi connectivity index (χ4n) is 6.25. The van der Waals surface area contributed by atoms with Crippen LogP contribution < -0.4 is 16.4 Å². The molecular formula is C24H38Cl2FN5O. The molecule has 1 aromatic heterocycles. The number of hydrogen-bond donors (Lipinski definition) is 3. The van der Waals surface area contributed by atoms with Crippen LogP contribution >= 0.6 is 23.2 Å². The summed E-state index contributed by atoms with van der Waals surface area (Å²) in [5, 5.41) is 6.84. The van der Waals surface area contributed by atoms with Gasteiger partial charge in [-0.05, 0) is 75.0 Å². The number of nitrogen functional groups attached to an aromatic ring is 1. The summed E-state index contributed by atoms with van der Waals surface area (Å²) < 4.78 is 15.9. The maximum atomic E-state index is 14.0. The van der Waals surface area contributed by atoms with Crippen LogP contribution in [0.1, 0.15) is 58.3 Å². The first-order chi connectivity index (χ1) is 15.8. The van der Waals surface area contributed by atoms with Gasteiger partial charge in [-0.25, -0.2) is 9.37 Å². The summed E-state index contributed by atoms with van der Waals surface area (Å²) in [6.45, 7) is 3.53. The Morgan fingerprint density at radius 3 is 2.70 bits per heavy atom. The normalized spacial score (nSPS) is 39.8. The molecule has 1 aliphatic heterocycles. The van der Waals surface area contributed by atoms with Gasteiger partial charge in [0.1, 0.15) is 6.17 Å². The summed E-state index contributed by atoms with van der Waals surface area (Å²) >= 11 is 12.6. The predicted octanol–water partition coefficient (Wildman–Crippen LogP) is 4.11. The molecule has 0 spiro atoms. The molecule has 2 heterocycles. The molecule has 9 heteroatoms. The van der Waals surface area contributed by atoms with Gasteiger partial charge in [-0.15, -0.1) is 23.2 Å². The average Bonchev–Trinajstić information content (AvgIpc) is 3.18. The lowest BCUT2D eigenvalue weighted by Gasteiger charge is -2.44. The standard InChI is InChI=1S/C24H38Cl2FN5O/c1-14-8-17(27)3-4-18(14)21-10-16(13-32-7-6-29-24(32)28)11-22(31-21)23(33)30-12-15-2-5-19(25)20(26)9-15/h6-7,14-22,31H,2-5,8-13H2,1H3,(H2,28,29)(H,30,33). The first-order valence-corrected chi connectivity index (χ1v) is 13.4. The van der Waals surface area contributed by atoms with Crippen molar-refractivity contribution in [2.24, 2.45) is 23.7 Å². The fourth-order valence-corrected chi connectivity index (χ4v) is 6.86. The van der Waals surface area contributed by atoms with Gasteiger partial charge in [0, 0.05) is 36.9 Å². The van der Waals surface area contributed by atoms with Crippen molar-refractivity contribution >= 4 is 35.1 Å². The Morgan fingerprint density at radius 1 is 1.18 bits per heavy atom. The van der Waals surface area contributed by atoms with E-state index in [0.717, 1.165) is 45.1 Å². The molecule has 0 bridgehead atoms. The highest BCUT2D eigenvalue weighted by molar-refractivity contribution is 6.30. The summed E-state index contributed by atoms with van der Waals surface area (Å²) in [6.07, 6.45) is 9.43. The topological polar surface area (TPSA) is 85.0 Å². The Bertz CT molecular complexity index is 795. The molecule has 1 amide bonds. The Morgan fingerprint density at radius 2 is 2.00 bits per heavy atom. The summed E-state index contributed by atoms with van der Waals surface area (Å²) in [5.74, 6) is 1.91. The lowest BCUT2D eigenvalue weighted by Crippen LogP contribution is -2.57. The van der Waals surface area contributed by atoms with Crippen LogP contribution in [0, 0.1) is 23.7 Å². The van der Waals surface area contributed by atoms with Gasteiger partial charge in [0.25, 0.3) is 0 Å². The zero-order chi connectivity index (χ0) is 23.5. The zero-order valence-corrected chi connectivity index (χ0v) is 20.9. The van der Waals surface area contributed by atoms with Crippen LogP contribution in [0.4, 0.5) is 10.3 Å². The van der Waals surface area contributed by atoms with Crippen LogP contribution in [-0.4, -0.2) is 51.0 Å². The van der Waals surface area contributed by atoms with E-state index in [-0.39, 0.29) is 28.7 Å². The van der Waals surface area contributed by atoms with Gasteiger partial charge in [0.15, 0.2) is 5.95 Å². The van der Waals surface area contributed by atoms with Crippen LogP contribution in [0.2, 0.25) is 0 Å². The van der Waals surface area contributed by atoms with Gasteiger partial charge in [-0.3, -0.25) is 4.79 Å². The number of nitrogens with zero attached hydrogens (tertiary/aromatic N) is 2. The van der Waals surface area contributed by atoms with Gasteiger partial charge in [-0.1, -0.05) is 6.92 Å². The number of nitrogens with one attached hydrogen (secondary N) is 2. The maximum Gasteiger partial charge on any atom is 0.237 e. The van der Waals surface area contributed by atoms with Gasteiger partial charge < -0.3 is 20.9 Å². The van der Waals surface area contributed by atoms with E-state index in [1.54, 1.807) is 6.20 Å².